The fraction of sp³-hybridized carbons (Fsp3) is 0.679. The van der Waals surface area contributed by atoms with Crippen LogP contribution in [0.5, 0.6) is 5.75 Å². The second-order valence-corrected chi connectivity index (χ2v) is 12.7. The van der Waals surface area contributed by atoms with Crippen molar-refractivity contribution in [3.8, 4) is 11.8 Å². The number of carbonyl (C=O) groups is 2. The fourth-order valence-corrected chi connectivity index (χ4v) is 4.82. The Kier molecular flexibility index (Phi) is 7.64. The van der Waals surface area contributed by atoms with E-state index in [2.05, 4.69) is 0 Å². The van der Waals surface area contributed by atoms with Gasteiger partial charge in [-0.15, -0.1) is 0 Å². The highest BCUT2D eigenvalue weighted by molar-refractivity contribution is 5.80. The van der Waals surface area contributed by atoms with Crippen LogP contribution in [-0.4, -0.2) is 47.9 Å². The van der Waals surface area contributed by atoms with Crippen LogP contribution < -0.4 is 4.74 Å². The molecular formula is C28H39FN2O5. The van der Waals surface area contributed by atoms with Gasteiger partial charge in [-0.3, -0.25) is 4.79 Å². The van der Waals surface area contributed by atoms with Gasteiger partial charge >= 0.3 is 12.1 Å². The van der Waals surface area contributed by atoms with Crippen LogP contribution in [0.4, 0.5) is 9.18 Å². The molecule has 1 aromatic rings. The molecule has 0 aliphatic carbocycles. The molecule has 1 atom stereocenters. The number of piperidine rings is 1. The van der Waals surface area contributed by atoms with Crippen LogP contribution in [0.25, 0.3) is 0 Å². The zero-order valence-corrected chi connectivity index (χ0v) is 22.8. The number of likely N-dealkylation sites (tertiary alicyclic amines) is 1. The Morgan fingerprint density at radius 2 is 1.72 bits per heavy atom. The number of amides is 1. The summed E-state index contributed by atoms with van der Waals surface area (Å²) in [6, 6.07) is 3.66. The Morgan fingerprint density at radius 3 is 2.25 bits per heavy atom. The Morgan fingerprint density at radius 1 is 1.14 bits per heavy atom. The number of nitrogens with zero attached hydrogens (tertiary/aromatic N) is 2. The van der Waals surface area contributed by atoms with Crippen molar-refractivity contribution in [1.82, 2.24) is 4.90 Å². The third-order valence-corrected chi connectivity index (χ3v) is 6.40. The predicted octanol–water partition coefficient (Wildman–Crippen LogP) is 5.73. The second kappa shape index (κ2) is 9.91. The SMILES string of the molecule is CC1(C)COc2cc(C(C(=O)OC(C)(C)C)C3CCN(C(=O)OC(C)(C)C)CC3)c(C#N)c(F)c2C1. The topological polar surface area (TPSA) is 88.9 Å². The van der Waals surface area contributed by atoms with Crippen LogP contribution >= 0.6 is 0 Å². The van der Waals surface area contributed by atoms with Gasteiger partial charge < -0.3 is 19.1 Å². The second-order valence-electron chi connectivity index (χ2n) is 12.7. The number of halogens is 1. The van der Waals surface area contributed by atoms with Crippen molar-refractivity contribution in [2.24, 2.45) is 11.3 Å². The first kappa shape index (κ1) is 27.8. The van der Waals surface area contributed by atoms with E-state index in [1.165, 1.54) is 0 Å². The number of fused-ring (bicyclic) bond motifs is 1. The van der Waals surface area contributed by atoms with Gasteiger partial charge in [-0.25, -0.2) is 9.18 Å². The first-order valence-corrected chi connectivity index (χ1v) is 12.6. The van der Waals surface area contributed by atoms with Gasteiger partial charge in [-0.1, -0.05) is 13.8 Å². The lowest BCUT2D eigenvalue weighted by molar-refractivity contribution is -0.158. The molecule has 0 bridgehead atoms. The highest BCUT2D eigenvalue weighted by Crippen LogP contribution is 2.43. The number of esters is 1. The zero-order chi connectivity index (χ0) is 27.1. The van der Waals surface area contributed by atoms with Crippen LogP contribution in [0, 0.1) is 28.5 Å². The molecule has 3 rings (SSSR count). The van der Waals surface area contributed by atoms with Gasteiger partial charge in [0.05, 0.1) is 18.1 Å². The molecule has 1 unspecified atom stereocenters. The average molecular weight is 503 g/mol. The molecule has 7 nitrogen and oxygen atoms in total. The van der Waals surface area contributed by atoms with E-state index < -0.39 is 35.0 Å². The van der Waals surface area contributed by atoms with E-state index in [1.807, 2.05) is 40.7 Å². The summed E-state index contributed by atoms with van der Waals surface area (Å²) in [6.07, 6.45) is 1.01. The van der Waals surface area contributed by atoms with Gasteiger partial charge in [0.15, 0.2) is 0 Å². The molecule has 36 heavy (non-hydrogen) atoms. The highest BCUT2D eigenvalue weighted by atomic mass is 19.1. The molecule has 2 heterocycles. The standard InChI is InChI=1S/C28H39FN2O5/c1-26(2,3)35-24(32)22(17-9-11-31(12-10-17)25(33)36-27(4,5)6)18-13-21-19(23(29)20(18)15-30)14-28(7,8)16-34-21/h13,17,22H,9-12,14,16H2,1-8H3. The van der Waals surface area contributed by atoms with E-state index in [0.717, 1.165) is 0 Å². The number of hydrogen-bond donors (Lipinski definition) is 0. The Balaban J connectivity index is 1.97. The van der Waals surface area contributed by atoms with Gasteiger partial charge in [0.25, 0.3) is 0 Å². The smallest absolute Gasteiger partial charge is 0.410 e. The van der Waals surface area contributed by atoms with E-state index in [1.54, 1.807) is 31.7 Å². The summed E-state index contributed by atoms with van der Waals surface area (Å²) in [7, 11) is 0. The molecule has 0 radical (unpaired) electrons. The van der Waals surface area contributed by atoms with Crippen LogP contribution in [0.2, 0.25) is 0 Å². The summed E-state index contributed by atoms with van der Waals surface area (Å²) in [5.74, 6) is -1.87. The van der Waals surface area contributed by atoms with Crippen LogP contribution in [-0.2, 0) is 20.7 Å². The lowest BCUT2D eigenvalue weighted by Gasteiger charge is -2.38. The number of rotatable bonds is 3. The van der Waals surface area contributed by atoms with Gasteiger partial charge in [0, 0.05) is 24.1 Å². The minimum atomic E-state index is -0.863. The summed E-state index contributed by atoms with van der Waals surface area (Å²) in [5.41, 5.74) is -1.11. The van der Waals surface area contributed by atoms with E-state index in [0.29, 0.717) is 55.8 Å². The molecule has 1 saturated heterocycles. The van der Waals surface area contributed by atoms with E-state index in [9.17, 15) is 14.9 Å². The molecule has 1 amide bonds. The maximum atomic E-state index is 15.7. The summed E-state index contributed by atoms with van der Waals surface area (Å²) in [6.45, 7) is 15.9. The van der Waals surface area contributed by atoms with Crippen molar-refractivity contribution in [3.05, 3.63) is 28.6 Å². The molecular weight excluding hydrogens is 463 g/mol. The third-order valence-electron chi connectivity index (χ3n) is 6.40. The zero-order valence-electron chi connectivity index (χ0n) is 22.8. The molecule has 1 fully saturated rings. The molecule has 0 aromatic heterocycles. The monoisotopic (exact) mass is 502 g/mol. The average Bonchev–Trinajstić information content (AvgIpc) is 2.72. The van der Waals surface area contributed by atoms with Crippen molar-refractivity contribution < 1.29 is 28.2 Å². The van der Waals surface area contributed by atoms with Gasteiger partial charge in [-0.2, -0.15) is 5.26 Å². The van der Waals surface area contributed by atoms with Crippen LogP contribution in [0.1, 0.15) is 90.8 Å². The predicted molar refractivity (Wildman–Crippen MR) is 133 cm³/mol. The summed E-state index contributed by atoms with van der Waals surface area (Å²) >= 11 is 0. The molecule has 0 saturated carbocycles. The van der Waals surface area contributed by atoms with Crippen molar-refractivity contribution in [3.63, 3.8) is 0 Å². The van der Waals surface area contributed by atoms with Crippen molar-refractivity contribution in [2.75, 3.05) is 19.7 Å². The maximum Gasteiger partial charge on any atom is 0.410 e. The van der Waals surface area contributed by atoms with Crippen molar-refractivity contribution in [2.45, 2.75) is 91.8 Å². The minimum Gasteiger partial charge on any atom is -0.493 e. The summed E-state index contributed by atoms with van der Waals surface area (Å²) in [4.78, 5) is 27.7. The van der Waals surface area contributed by atoms with Crippen LogP contribution in [0.15, 0.2) is 6.07 Å². The molecule has 0 N–H and O–H groups in total. The number of hydrogen-bond acceptors (Lipinski definition) is 6. The van der Waals surface area contributed by atoms with Gasteiger partial charge in [0.2, 0.25) is 0 Å². The lowest BCUT2D eigenvalue weighted by atomic mass is 9.76. The number of nitriles is 1. The van der Waals surface area contributed by atoms with Crippen molar-refractivity contribution >= 4 is 12.1 Å². The third kappa shape index (κ3) is 6.48. The van der Waals surface area contributed by atoms with Crippen molar-refractivity contribution in [1.29, 1.82) is 5.26 Å². The van der Waals surface area contributed by atoms with E-state index in [-0.39, 0.29) is 16.9 Å². The first-order valence-electron chi connectivity index (χ1n) is 12.6. The molecule has 2 aliphatic heterocycles. The Labute approximate surface area is 213 Å². The molecule has 1 aromatic carbocycles. The van der Waals surface area contributed by atoms with Gasteiger partial charge in [-0.05, 0) is 78.4 Å². The molecule has 198 valence electrons. The van der Waals surface area contributed by atoms with Crippen LogP contribution in [0.3, 0.4) is 0 Å². The quantitative estimate of drug-likeness (QED) is 0.491. The number of ether oxygens (including phenoxy) is 3. The molecule has 8 heteroatoms. The lowest BCUT2D eigenvalue weighted by Crippen LogP contribution is -2.44. The van der Waals surface area contributed by atoms with E-state index >= 15 is 4.39 Å². The maximum absolute atomic E-state index is 15.7. The van der Waals surface area contributed by atoms with E-state index in [4.69, 9.17) is 14.2 Å². The minimum absolute atomic E-state index is 0.138. The highest BCUT2D eigenvalue weighted by Gasteiger charge is 2.41. The molecule has 0 spiro atoms. The summed E-state index contributed by atoms with van der Waals surface area (Å²) < 4.78 is 32.8. The Hall–Kier alpha value is -2.82. The normalized spacial score (nSPS) is 18.9. The largest absolute Gasteiger partial charge is 0.493 e. The summed E-state index contributed by atoms with van der Waals surface area (Å²) in [5, 5.41) is 9.96. The number of carbonyl (C=O) groups excluding carboxylic acids is 2. The number of benzene rings is 1. The molecule has 2 aliphatic rings. The fourth-order valence-electron chi connectivity index (χ4n) is 4.82. The first-order chi connectivity index (χ1) is 16.5. The van der Waals surface area contributed by atoms with Gasteiger partial charge in [0.1, 0.15) is 28.8 Å². The Bertz CT molecular complexity index is 1050.